The molecule has 1 heterocycles. The van der Waals surface area contributed by atoms with E-state index in [1.54, 1.807) is 12.1 Å². The van der Waals surface area contributed by atoms with Gasteiger partial charge in [0.05, 0.1) is 18.0 Å². The summed E-state index contributed by atoms with van der Waals surface area (Å²) in [6.07, 6.45) is 7.03. The van der Waals surface area contributed by atoms with Crippen LogP contribution < -0.4 is 9.88 Å². The molecular weight excluding hydrogens is 256 g/mol. The molecule has 1 atom stereocenters. The predicted octanol–water partition coefficient (Wildman–Crippen LogP) is 2.11. The summed E-state index contributed by atoms with van der Waals surface area (Å²) in [4.78, 5) is 10.2. The van der Waals surface area contributed by atoms with Crippen LogP contribution in [0.5, 0.6) is 0 Å². The van der Waals surface area contributed by atoms with Gasteiger partial charge in [-0.25, -0.2) is 9.13 Å². The van der Waals surface area contributed by atoms with Crippen LogP contribution in [0.3, 0.4) is 0 Å². The van der Waals surface area contributed by atoms with E-state index in [2.05, 4.69) is 16.8 Å². The summed E-state index contributed by atoms with van der Waals surface area (Å²) in [7, 11) is 1.99. The number of hydrogen-bond acceptors (Lipinski definition) is 3. The molecule has 2 rings (SSSR count). The van der Waals surface area contributed by atoms with Crippen molar-refractivity contribution >= 4 is 11.4 Å². The minimum Gasteiger partial charge on any atom is -0.378 e. The van der Waals surface area contributed by atoms with Gasteiger partial charge < -0.3 is 5.32 Å². The number of non-ortho nitro benzene ring substituents is 1. The molecule has 6 heteroatoms. The second-order valence-corrected chi connectivity index (χ2v) is 4.83. The number of benzene rings is 1. The van der Waals surface area contributed by atoms with Crippen LogP contribution in [-0.2, 0) is 13.6 Å². The van der Waals surface area contributed by atoms with Gasteiger partial charge in [0.15, 0.2) is 0 Å². The van der Waals surface area contributed by atoms with Gasteiger partial charge in [0.2, 0.25) is 6.33 Å². The summed E-state index contributed by atoms with van der Waals surface area (Å²) in [6, 6.07) is 6.81. The van der Waals surface area contributed by atoms with Crippen molar-refractivity contribution in [1.82, 2.24) is 4.57 Å². The Hall–Kier alpha value is -2.37. The molecule has 1 aromatic heterocycles. The number of hydrogen-bond donors (Lipinski definition) is 1. The number of nitro groups is 1. The fourth-order valence-corrected chi connectivity index (χ4v) is 2.06. The van der Waals surface area contributed by atoms with Crippen LogP contribution >= 0.6 is 0 Å². The third kappa shape index (κ3) is 3.57. The molecule has 2 aromatic rings. The van der Waals surface area contributed by atoms with Crippen molar-refractivity contribution in [1.29, 1.82) is 0 Å². The molecule has 0 aliphatic carbocycles. The minimum absolute atomic E-state index is 0.112. The first-order valence-corrected chi connectivity index (χ1v) is 6.60. The third-order valence-corrected chi connectivity index (χ3v) is 3.20. The monoisotopic (exact) mass is 275 g/mol. The average Bonchev–Trinajstić information content (AvgIpc) is 2.84. The highest BCUT2D eigenvalue weighted by Crippen LogP contribution is 2.17. The normalized spacial score (nSPS) is 12.1. The molecule has 0 spiro atoms. The van der Waals surface area contributed by atoms with E-state index in [0.29, 0.717) is 0 Å². The summed E-state index contributed by atoms with van der Waals surface area (Å²) in [5.74, 6) is 0. The topological polar surface area (TPSA) is 64.0 Å². The molecule has 1 unspecified atom stereocenters. The van der Waals surface area contributed by atoms with Crippen LogP contribution in [0.1, 0.15) is 13.3 Å². The highest BCUT2D eigenvalue weighted by Gasteiger charge is 2.12. The number of anilines is 1. The van der Waals surface area contributed by atoms with Crippen LogP contribution in [0.4, 0.5) is 11.4 Å². The van der Waals surface area contributed by atoms with Gasteiger partial charge in [-0.15, -0.1) is 0 Å². The van der Waals surface area contributed by atoms with Crippen LogP contribution in [0.15, 0.2) is 43.0 Å². The summed E-state index contributed by atoms with van der Waals surface area (Å²) < 4.78 is 4.12. The second-order valence-electron chi connectivity index (χ2n) is 4.83. The van der Waals surface area contributed by atoms with Crippen LogP contribution in [0.25, 0.3) is 0 Å². The summed E-state index contributed by atoms with van der Waals surface area (Å²) in [6.45, 7) is 2.97. The molecule has 0 fully saturated rings. The molecule has 0 saturated carbocycles. The highest BCUT2D eigenvalue weighted by molar-refractivity contribution is 5.49. The number of nitrogens with one attached hydrogen (secondary N) is 1. The zero-order valence-corrected chi connectivity index (χ0v) is 11.7. The van der Waals surface area contributed by atoms with E-state index >= 15 is 0 Å². The fourth-order valence-electron chi connectivity index (χ4n) is 2.06. The molecular formula is C14H19N4O2+. The zero-order valence-electron chi connectivity index (χ0n) is 11.7. The van der Waals surface area contributed by atoms with Gasteiger partial charge in [-0.05, 0) is 18.6 Å². The van der Waals surface area contributed by atoms with Gasteiger partial charge in [0.1, 0.15) is 18.9 Å². The SMILES string of the molecule is CCC(Cn1cc[n+](C)c1)Nc1ccc([N+](=O)[O-])cc1. The summed E-state index contributed by atoms with van der Waals surface area (Å²) >= 11 is 0. The fraction of sp³-hybridized carbons (Fsp3) is 0.357. The van der Waals surface area contributed by atoms with Crippen molar-refractivity contribution in [3.8, 4) is 0 Å². The van der Waals surface area contributed by atoms with Crippen molar-refractivity contribution < 1.29 is 9.49 Å². The first-order chi connectivity index (χ1) is 9.58. The van der Waals surface area contributed by atoms with E-state index in [1.807, 2.05) is 30.3 Å². The second kappa shape index (κ2) is 6.18. The van der Waals surface area contributed by atoms with Gasteiger partial charge in [-0.3, -0.25) is 10.1 Å². The zero-order chi connectivity index (χ0) is 14.5. The van der Waals surface area contributed by atoms with Crippen LogP contribution in [0, 0.1) is 10.1 Å². The number of aryl methyl sites for hydroxylation is 1. The summed E-state index contributed by atoms with van der Waals surface area (Å²) in [5.41, 5.74) is 1.01. The highest BCUT2D eigenvalue weighted by atomic mass is 16.6. The minimum atomic E-state index is -0.388. The molecule has 0 saturated heterocycles. The summed E-state index contributed by atoms with van der Waals surface area (Å²) in [5, 5.41) is 14.0. The van der Waals surface area contributed by atoms with Crippen LogP contribution in [-0.4, -0.2) is 15.5 Å². The molecule has 0 bridgehead atoms. The Balaban J connectivity index is 2.00. The van der Waals surface area contributed by atoms with Crippen molar-refractivity contribution in [3.05, 3.63) is 53.1 Å². The van der Waals surface area contributed by atoms with Gasteiger partial charge in [-0.2, -0.15) is 0 Å². The molecule has 20 heavy (non-hydrogen) atoms. The molecule has 1 N–H and O–H groups in total. The van der Waals surface area contributed by atoms with Crippen LogP contribution in [0.2, 0.25) is 0 Å². The number of rotatable bonds is 6. The quantitative estimate of drug-likeness (QED) is 0.499. The third-order valence-electron chi connectivity index (χ3n) is 3.20. The van der Waals surface area contributed by atoms with E-state index < -0.39 is 0 Å². The predicted molar refractivity (Wildman–Crippen MR) is 76.4 cm³/mol. The lowest BCUT2D eigenvalue weighted by atomic mass is 10.2. The first kappa shape index (κ1) is 14.0. The van der Waals surface area contributed by atoms with E-state index in [9.17, 15) is 10.1 Å². The Morgan fingerprint density at radius 3 is 2.60 bits per heavy atom. The van der Waals surface area contributed by atoms with Crippen molar-refractivity contribution in [2.75, 3.05) is 5.32 Å². The maximum absolute atomic E-state index is 10.6. The number of nitro benzene ring substituents is 1. The molecule has 1 aromatic carbocycles. The molecule has 0 aliphatic heterocycles. The van der Waals surface area contributed by atoms with E-state index in [1.165, 1.54) is 12.1 Å². The van der Waals surface area contributed by atoms with E-state index in [-0.39, 0.29) is 16.7 Å². The Labute approximate surface area is 117 Å². The standard InChI is InChI=1S/C14H19N4O2/c1-3-12(10-17-9-8-16(2)11-17)15-13-4-6-14(7-5-13)18(19)20/h4-9,11-12,15H,3,10H2,1-2H3/q+1. The molecule has 0 aliphatic rings. The maximum atomic E-state index is 10.6. The first-order valence-electron chi connectivity index (χ1n) is 6.60. The average molecular weight is 275 g/mol. The van der Waals surface area contributed by atoms with E-state index in [4.69, 9.17) is 0 Å². The Bertz CT molecular complexity index is 577. The van der Waals surface area contributed by atoms with Gasteiger partial charge >= 0.3 is 0 Å². The van der Waals surface area contributed by atoms with E-state index in [0.717, 1.165) is 18.7 Å². The number of nitrogens with zero attached hydrogens (tertiary/aromatic N) is 3. The Morgan fingerprint density at radius 2 is 2.10 bits per heavy atom. The lowest BCUT2D eigenvalue weighted by Crippen LogP contribution is -2.27. The molecule has 0 radical (unpaired) electrons. The van der Waals surface area contributed by atoms with Gasteiger partial charge in [0, 0.05) is 17.8 Å². The van der Waals surface area contributed by atoms with Crippen molar-refractivity contribution in [3.63, 3.8) is 0 Å². The molecule has 106 valence electrons. The largest absolute Gasteiger partial charge is 0.378 e. The van der Waals surface area contributed by atoms with Gasteiger partial charge in [-0.1, -0.05) is 6.92 Å². The smallest absolute Gasteiger partial charge is 0.269 e. The molecule has 6 nitrogen and oxygen atoms in total. The van der Waals surface area contributed by atoms with Crippen molar-refractivity contribution in [2.24, 2.45) is 7.05 Å². The maximum Gasteiger partial charge on any atom is 0.269 e. The van der Waals surface area contributed by atoms with Crippen molar-refractivity contribution in [2.45, 2.75) is 25.9 Å². The Morgan fingerprint density at radius 1 is 1.40 bits per heavy atom. The lowest BCUT2D eigenvalue weighted by molar-refractivity contribution is -0.671. The number of imidazole rings is 1. The lowest BCUT2D eigenvalue weighted by Gasteiger charge is -2.16. The van der Waals surface area contributed by atoms with Gasteiger partial charge in [0.25, 0.3) is 5.69 Å². The molecule has 0 amide bonds. The Kier molecular flexibility index (Phi) is 4.34. The number of aromatic nitrogens is 2.